The van der Waals surface area contributed by atoms with Gasteiger partial charge in [0.1, 0.15) is 0 Å². The van der Waals surface area contributed by atoms with Crippen LogP contribution in [0.1, 0.15) is 18.1 Å². The molecule has 0 bridgehead atoms. The van der Waals surface area contributed by atoms with Crippen molar-refractivity contribution in [1.82, 2.24) is 0 Å². The summed E-state index contributed by atoms with van der Waals surface area (Å²) in [5.74, 6) is 0.808. The minimum Gasteiger partial charge on any atom is -0.0890 e. The molecule has 1 aliphatic carbocycles. The van der Waals surface area contributed by atoms with Crippen molar-refractivity contribution in [1.29, 1.82) is 0 Å². The molecule has 0 heterocycles. The van der Waals surface area contributed by atoms with Crippen LogP contribution in [0, 0.1) is 5.92 Å². The normalized spacial score (nSPS) is 19.2. The molecule has 0 aromatic heterocycles. The van der Waals surface area contributed by atoms with Crippen LogP contribution in [0.5, 0.6) is 0 Å². The molecule has 0 nitrogen and oxygen atoms in total. The van der Waals surface area contributed by atoms with E-state index in [0.717, 1.165) is 5.92 Å². The minimum absolute atomic E-state index is 0.643. The highest BCUT2D eigenvalue weighted by Crippen LogP contribution is 2.31. The molecule has 0 saturated heterocycles. The zero-order valence-corrected chi connectivity index (χ0v) is 8.84. The third kappa shape index (κ3) is 1.42. The summed E-state index contributed by atoms with van der Waals surface area (Å²) in [4.78, 5) is 0.643. The van der Waals surface area contributed by atoms with Crippen molar-refractivity contribution in [2.24, 2.45) is 5.92 Å². The van der Waals surface area contributed by atoms with Gasteiger partial charge in [0.25, 0.3) is 0 Å². The summed E-state index contributed by atoms with van der Waals surface area (Å²) >= 11 is 3.66. The lowest BCUT2D eigenvalue weighted by Crippen LogP contribution is -2.10. The molecule has 0 amide bonds. The first kappa shape index (κ1) is 8.31. The molecule has 0 N–H and O–H groups in total. The fraction of sp³-hybridized carbons (Fsp3) is 0.455. The average molecular weight is 225 g/mol. The fourth-order valence-electron chi connectivity index (χ4n) is 1.92. The van der Waals surface area contributed by atoms with Crippen LogP contribution >= 0.6 is 15.9 Å². The molecule has 1 aliphatic rings. The van der Waals surface area contributed by atoms with Gasteiger partial charge < -0.3 is 0 Å². The van der Waals surface area contributed by atoms with Crippen molar-refractivity contribution in [3.63, 3.8) is 0 Å². The van der Waals surface area contributed by atoms with E-state index in [4.69, 9.17) is 0 Å². The van der Waals surface area contributed by atoms with E-state index < -0.39 is 0 Å². The molecule has 1 unspecified atom stereocenters. The van der Waals surface area contributed by atoms with E-state index in [0.29, 0.717) is 4.83 Å². The third-order valence-electron chi connectivity index (χ3n) is 2.73. The molecule has 1 aromatic carbocycles. The Kier molecular flexibility index (Phi) is 2.22. The standard InChI is InChI=1S/C11H13Br/c1-8(12)11-6-9-4-2-3-5-10(9)7-11/h2-5,8,11H,6-7H2,1H3. The summed E-state index contributed by atoms with van der Waals surface area (Å²) in [6, 6.07) is 8.79. The Morgan fingerprint density at radius 2 is 1.75 bits per heavy atom. The van der Waals surface area contributed by atoms with Crippen LogP contribution < -0.4 is 0 Å². The molecule has 2 rings (SSSR count). The summed E-state index contributed by atoms with van der Waals surface area (Å²) in [7, 11) is 0. The van der Waals surface area contributed by atoms with Gasteiger partial charge in [0.05, 0.1) is 0 Å². The number of halogens is 1. The number of fused-ring (bicyclic) bond motifs is 1. The summed E-state index contributed by atoms with van der Waals surface area (Å²) in [5.41, 5.74) is 3.10. The number of rotatable bonds is 1. The zero-order valence-electron chi connectivity index (χ0n) is 7.26. The predicted octanol–water partition coefficient (Wildman–Crippen LogP) is 3.18. The molecule has 64 valence electrons. The second-order valence-electron chi connectivity index (χ2n) is 3.61. The second kappa shape index (κ2) is 3.21. The van der Waals surface area contributed by atoms with Crippen LogP contribution in [0.2, 0.25) is 0 Å². The highest BCUT2D eigenvalue weighted by molar-refractivity contribution is 9.09. The van der Waals surface area contributed by atoms with Crippen molar-refractivity contribution >= 4 is 15.9 Å². The first-order valence-corrected chi connectivity index (χ1v) is 5.40. The van der Waals surface area contributed by atoms with E-state index in [2.05, 4.69) is 47.1 Å². The number of hydrogen-bond donors (Lipinski definition) is 0. The zero-order chi connectivity index (χ0) is 8.55. The second-order valence-corrected chi connectivity index (χ2v) is 5.06. The SMILES string of the molecule is CC(Br)C1Cc2ccccc2C1. The summed E-state index contributed by atoms with van der Waals surface area (Å²) in [5, 5.41) is 0. The van der Waals surface area contributed by atoms with Crippen LogP contribution in [0.15, 0.2) is 24.3 Å². The molecule has 12 heavy (non-hydrogen) atoms. The van der Waals surface area contributed by atoms with Gasteiger partial charge in [-0.2, -0.15) is 0 Å². The number of alkyl halides is 1. The van der Waals surface area contributed by atoms with Crippen LogP contribution in [0.25, 0.3) is 0 Å². The van der Waals surface area contributed by atoms with Gasteiger partial charge in [-0.15, -0.1) is 0 Å². The van der Waals surface area contributed by atoms with Gasteiger partial charge >= 0.3 is 0 Å². The van der Waals surface area contributed by atoms with Gasteiger partial charge in [0.2, 0.25) is 0 Å². The summed E-state index contributed by atoms with van der Waals surface area (Å²) < 4.78 is 0. The molecular weight excluding hydrogens is 212 g/mol. The van der Waals surface area contributed by atoms with Crippen LogP contribution in [0.3, 0.4) is 0 Å². The topological polar surface area (TPSA) is 0 Å². The highest BCUT2D eigenvalue weighted by Gasteiger charge is 2.23. The van der Waals surface area contributed by atoms with Gasteiger partial charge in [-0.3, -0.25) is 0 Å². The Hall–Kier alpha value is -0.300. The van der Waals surface area contributed by atoms with Crippen LogP contribution in [-0.4, -0.2) is 4.83 Å². The molecule has 0 saturated carbocycles. The average Bonchev–Trinajstić information content (AvgIpc) is 2.46. The molecule has 1 aromatic rings. The maximum atomic E-state index is 3.66. The van der Waals surface area contributed by atoms with E-state index in [-0.39, 0.29) is 0 Å². The lowest BCUT2D eigenvalue weighted by molar-refractivity contribution is 0.563. The molecular formula is C11H13Br. The van der Waals surface area contributed by atoms with E-state index in [1.807, 2.05) is 0 Å². The molecule has 0 fully saturated rings. The molecule has 0 spiro atoms. The Labute approximate surface area is 82.1 Å². The molecule has 0 aliphatic heterocycles. The molecule has 0 radical (unpaired) electrons. The Morgan fingerprint density at radius 3 is 2.17 bits per heavy atom. The maximum absolute atomic E-state index is 3.66. The summed E-state index contributed by atoms with van der Waals surface area (Å²) in [6.07, 6.45) is 2.51. The highest BCUT2D eigenvalue weighted by atomic mass is 79.9. The monoisotopic (exact) mass is 224 g/mol. The Bertz CT molecular complexity index is 253. The van der Waals surface area contributed by atoms with E-state index >= 15 is 0 Å². The number of benzene rings is 1. The Morgan fingerprint density at radius 1 is 1.25 bits per heavy atom. The minimum atomic E-state index is 0.643. The van der Waals surface area contributed by atoms with Gasteiger partial charge in [0, 0.05) is 4.83 Å². The van der Waals surface area contributed by atoms with Gasteiger partial charge in [-0.25, -0.2) is 0 Å². The van der Waals surface area contributed by atoms with Crippen LogP contribution in [-0.2, 0) is 12.8 Å². The van der Waals surface area contributed by atoms with Gasteiger partial charge in [0.15, 0.2) is 0 Å². The van der Waals surface area contributed by atoms with E-state index in [1.54, 1.807) is 11.1 Å². The lowest BCUT2D eigenvalue weighted by Gasteiger charge is -2.10. The van der Waals surface area contributed by atoms with Gasteiger partial charge in [-0.05, 0) is 29.9 Å². The largest absolute Gasteiger partial charge is 0.0890 e. The first-order chi connectivity index (χ1) is 5.77. The number of hydrogen-bond acceptors (Lipinski definition) is 0. The van der Waals surface area contributed by atoms with Crippen molar-refractivity contribution in [2.75, 3.05) is 0 Å². The van der Waals surface area contributed by atoms with Crippen molar-refractivity contribution in [2.45, 2.75) is 24.6 Å². The molecule has 1 heteroatoms. The maximum Gasteiger partial charge on any atom is 0.0152 e. The fourth-order valence-corrected chi connectivity index (χ4v) is 2.29. The predicted molar refractivity (Wildman–Crippen MR) is 55.7 cm³/mol. The quantitative estimate of drug-likeness (QED) is 0.644. The lowest BCUT2D eigenvalue weighted by atomic mass is 10.0. The van der Waals surface area contributed by atoms with Crippen molar-refractivity contribution < 1.29 is 0 Å². The van der Waals surface area contributed by atoms with Crippen molar-refractivity contribution in [3.8, 4) is 0 Å². The van der Waals surface area contributed by atoms with E-state index in [9.17, 15) is 0 Å². The third-order valence-corrected chi connectivity index (χ3v) is 3.48. The molecule has 1 atom stereocenters. The first-order valence-electron chi connectivity index (χ1n) is 4.48. The van der Waals surface area contributed by atoms with Crippen molar-refractivity contribution in [3.05, 3.63) is 35.4 Å². The smallest absolute Gasteiger partial charge is 0.0152 e. The Balaban J connectivity index is 2.22. The van der Waals surface area contributed by atoms with Crippen LogP contribution in [0.4, 0.5) is 0 Å². The van der Waals surface area contributed by atoms with E-state index in [1.165, 1.54) is 12.8 Å². The summed E-state index contributed by atoms with van der Waals surface area (Å²) in [6.45, 7) is 2.25. The van der Waals surface area contributed by atoms with Gasteiger partial charge in [-0.1, -0.05) is 47.1 Å².